The van der Waals surface area contributed by atoms with Crippen molar-refractivity contribution < 1.29 is 9.59 Å². The van der Waals surface area contributed by atoms with E-state index in [4.69, 9.17) is 5.73 Å². The summed E-state index contributed by atoms with van der Waals surface area (Å²) >= 11 is 0. The summed E-state index contributed by atoms with van der Waals surface area (Å²) in [4.78, 5) is 28.2. The van der Waals surface area contributed by atoms with Crippen LogP contribution < -0.4 is 11.1 Å². The smallest absolute Gasteiger partial charge is 0.314 e. The van der Waals surface area contributed by atoms with E-state index in [1.807, 2.05) is 32.0 Å². The SMILES string of the molecule is CC[C@@H](NC(=O)CN(C)C(N)=O)c1cccc(C)n1. The maximum absolute atomic E-state index is 11.8. The monoisotopic (exact) mass is 264 g/mol. The third kappa shape index (κ3) is 4.57. The second-order valence-electron chi connectivity index (χ2n) is 4.43. The predicted octanol–water partition coefficient (Wildman–Crippen LogP) is 0.968. The van der Waals surface area contributed by atoms with Crippen molar-refractivity contribution in [3.05, 3.63) is 29.6 Å². The standard InChI is InChI=1S/C13H20N4O2/c1-4-10(11-7-5-6-9(2)15-11)16-12(18)8-17(3)13(14)19/h5-7,10H,4,8H2,1-3H3,(H2,14,19)(H,16,18)/t10-/m1/s1. The number of amides is 3. The number of urea groups is 1. The number of pyridine rings is 1. The maximum atomic E-state index is 11.8. The molecule has 0 aliphatic carbocycles. The number of primary amides is 1. The van der Waals surface area contributed by atoms with E-state index in [9.17, 15) is 9.59 Å². The molecule has 1 aromatic heterocycles. The summed E-state index contributed by atoms with van der Waals surface area (Å²) in [6.45, 7) is 3.81. The number of carbonyl (C=O) groups is 2. The number of hydrogen-bond donors (Lipinski definition) is 2. The minimum Gasteiger partial charge on any atom is -0.351 e. The van der Waals surface area contributed by atoms with Crippen molar-refractivity contribution in [1.82, 2.24) is 15.2 Å². The lowest BCUT2D eigenvalue weighted by Gasteiger charge is -2.19. The second kappa shape index (κ2) is 6.72. The lowest BCUT2D eigenvalue weighted by Crippen LogP contribution is -2.42. The number of likely N-dealkylation sites (N-methyl/N-ethyl adjacent to an activating group) is 1. The molecule has 3 amide bonds. The fourth-order valence-corrected chi connectivity index (χ4v) is 1.68. The van der Waals surface area contributed by atoms with Gasteiger partial charge in [0.25, 0.3) is 0 Å². The highest BCUT2D eigenvalue weighted by molar-refractivity contribution is 5.83. The van der Waals surface area contributed by atoms with E-state index >= 15 is 0 Å². The first kappa shape index (κ1) is 14.9. The summed E-state index contributed by atoms with van der Waals surface area (Å²) in [7, 11) is 1.48. The van der Waals surface area contributed by atoms with Crippen LogP contribution >= 0.6 is 0 Å². The minimum absolute atomic E-state index is 0.0579. The predicted molar refractivity (Wildman–Crippen MR) is 72.4 cm³/mol. The first-order valence-electron chi connectivity index (χ1n) is 6.17. The summed E-state index contributed by atoms with van der Waals surface area (Å²) in [5, 5.41) is 2.85. The summed E-state index contributed by atoms with van der Waals surface area (Å²) in [6, 6.07) is 4.89. The van der Waals surface area contributed by atoms with Gasteiger partial charge < -0.3 is 16.0 Å². The van der Waals surface area contributed by atoms with Crippen molar-refractivity contribution in [2.24, 2.45) is 5.73 Å². The molecule has 6 nitrogen and oxygen atoms in total. The molecule has 0 bridgehead atoms. The lowest BCUT2D eigenvalue weighted by molar-refractivity contribution is -0.122. The zero-order valence-corrected chi connectivity index (χ0v) is 11.5. The van der Waals surface area contributed by atoms with Crippen LogP contribution in [0.4, 0.5) is 4.79 Å². The highest BCUT2D eigenvalue weighted by Gasteiger charge is 2.16. The molecule has 0 spiro atoms. The summed E-state index contributed by atoms with van der Waals surface area (Å²) < 4.78 is 0. The molecule has 0 aliphatic heterocycles. The Kier molecular flexibility index (Phi) is 5.29. The molecule has 1 heterocycles. The lowest BCUT2D eigenvalue weighted by atomic mass is 10.1. The Labute approximate surface area is 113 Å². The minimum atomic E-state index is -0.628. The summed E-state index contributed by atoms with van der Waals surface area (Å²) in [5.74, 6) is -0.253. The quantitative estimate of drug-likeness (QED) is 0.830. The fraction of sp³-hybridized carbons (Fsp3) is 0.462. The van der Waals surface area contributed by atoms with E-state index in [0.717, 1.165) is 22.7 Å². The van der Waals surface area contributed by atoms with E-state index in [2.05, 4.69) is 10.3 Å². The Morgan fingerprint density at radius 2 is 2.16 bits per heavy atom. The van der Waals surface area contributed by atoms with Crippen LogP contribution in [-0.2, 0) is 4.79 Å². The zero-order chi connectivity index (χ0) is 14.4. The van der Waals surface area contributed by atoms with Crippen molar-refractivity contribution in [3.8, 4) is 0 Å². The van der Waals surface area contributed by atoms with Crippen LogP contribution in [0.3, 0.4) is 0 Å². The number of aromatic nitrogens is 1. The first-order chi connectivity index (χ1) is 8.93. The van der Waals surface area contributed by atoms with Gasteiger partial charge >= 0.3 is 6.03 Å². The summed E-state index contributed by atoms with van der Waals surface area (Å²) in [6.07, 6.45) is 0.725. The van der Waals surface area contributed by atoms with Crippen molar-refractivity contribution >= 4 is 11.9 Å². The van der Waals surface area contributed by atoms with Crippen molar-refractivity contribution in [1.29, 1.82) is 0 Å². The van der Waals surface area contributed by atoms with Crippen molar-refractivity contribution in [2.75, 3.05) is 13.6 Å². The Bertz CT molecular complexity index is 462. The topological polar surface area (TPSA) is 88.3 Å². The summed E-state index contributed by atoms with van der Waals surface area (Å²) in [5.41, 5.74) is 6.79. The Morgan fingerprint density at radius 3 is 2.68 bits per heavy atom. The molecule has 0 unspecified atom stereocenters. The van der Waals surface area contributed by atoms with E-state index in [1.165, 1.54) is 7.05 Å². The number of aryl methyl sites for hydroxylation is 1. The average Bonchev–Trinajstić information content (AvgIpc) is 2.35. The number of nitrogens with one attached hydrogen (secondary N) is 1. The second-order valence-corrected chi connectivity index (χ2v) is 4.43. The molecule has 3 N–H and O–H groups in total. The van der Waals surface area contributed by atoms with Gasteiger partial charge in [0.15, 0.2) is 0 Å². The molecule has 1 rings (SSSR count). The van der Waals surface area contributed by atoms with Gasteiger partial charge in [0.1, 0.15) is 6.54 Å². The molecule has 0 radical (unpaired) electrons. The van der Waals surface area contributed by atoms with Gasteiger partial charge in [-0.2, -0.15) is 0 Å². The highest BCUT2D eigenvalue weighted by atomic mass is 16.2. The Hall–Kier alpha value is -2.11. The average molecular weight is 264 g/mol. The van der Waals surface area contributed by atoms with E-state index in [-0.39, 0.29) is 18.5 Å². The highest BCUT2D eigenvalue weighted by Crippen LogP contribution is 2.14. The molecular weight excluding hydrogens is 244 g/mol. The first-order valence-corrected chi connectivity index (χ1v) is 6.17. The Balaban J connectivity index is 2.67. The van der Waals surface area contributed by atoms with E-state index in [0.29, 0.717) is 0 Å². The van der Waals surface area contributed by atoms with Gasteiger partial charge in [0.2, 0.25) is 5.91 Å². The molecule has 0 saturated heterocycles. The van der Waals surface area contributed by atoms with E-state index < -0.39 is 6.03 Å². The molecule has 1 atom stereocenters. The van der Waals surface area contributed by atoms with E-state index in [1.54, 1.807) is 0 Å². The van der Waals surface area contributed by atoms with Gasteiger partial charge in [-0.3, -0.25) is 9.78 Å². The van der Waals surface area contributed by atoms with Crippen molar-refractivity contribution in [2.45, 2.75) is 26.3 Å². The molecule has 0 fully saturated rings. The van der Waals surface area contributed by atoms with Gasteiger partial charge in [-0.25, -0.2) is 4.79 Å². The number of rotatable bonds is 5. The van der Waals surface area contributed by atoms with Crippen molar-refractivity contribution in [3.63, 3.8) is 0 Å². The number of nitrogens with zero attached hydrogens (tertiary/aromatic N) is 2. The van der Waals surface area contributed by atoms with Crippen LogP contribution in [-0.4, -0.2) is 35.4 Å². The van der Waals surface area contributed by atoms with Gasteiger partial charge in [0, 0.05) is 12.7 Å². The molecule has 1 aromatic rings. The molecule has 0 aliphatic rings. The molecule has 6 heteroatoms. The van der Waals surface area contributed by atoms with Gasteiger partial charge in [0.05, 0.1) is 11.7 Å². The van der Waals surface area contributed by atoms with Crippen LogP contribution in [0.25, 0.3) is 0 Å². The third-order valence-electron chi connectivity index (χ3n) is 2.77. The van der Waals surface area contributed by atoms with Crippen LogP contribution in [0, 0.1) is 6.92 Å². The largest absolute Gasteiger partial charge is 0.351 e. The maximum Gasteiger partial charge on any atom is 0.314 e. The van der Waals surface area contributed by atoms with Crippen LogP contribution in [0.1, 0.15) is 30.8 Å². The molecule has 0 aromatic carbocycles. The third-order valence-corrected chi connectivity index (χ3v) is 2.77. The molecule has 0 saturated carbocycles. The zero-order valence-electron chi connectivity index (χ0n) is 11.5. The number of hydrogen-bond acceptors (Lipinski definition) is 3. The molecule has 19 heavy (non-hydrogen) atoms. The normalized spacial score (nSPS) is 11.7. The van der Waals surface area contributed by atoms with Crippen LogP contribution in [0.2, 0.25) is 0 Å². The molecular formula is C13H20N4O2. The van der Waals surface area contributed by atoms with Gasteiger partial charge in [-0.1, -0.05) is 13.0 Å². The van der Waals surface area contributed by atoms with Gasteiger partial charge in [-0.15, -0.1) is 0 Å². The Morgan fingerprint density at radius 1 is 1.47 bits per heavy atom. The fourth-order valence-electron chi connectivity index (χ4n) is 1.68. The molecule has 104 valence electrons. The number of carbonyl (C=O) groups excluding carboxylic acids is 2. The van der Waals surface area contributed by atoms with Crippen LogP contribution in [0.5, 0.6) is 0 Å². The van der Waals surface area contributed by atoms with Crippen LogP contribution in [0.15, 0.2) is 18.2 Å². The number of nitrogens with two attached hydrogens (primary N) is 1. The van der Waals surface area contributed by atoms with Gasteiger partial charge in [-0.05, 0) is 25.5 Å².